The molecule has 1 amide bonds. The van der Waals surface area contributed by atoms with Crippen LogP contribution in [0.4, 0.5) is 0 Å². The van der Waals surface area contributed by atoms with E-state index in [0.717, 1.165) is 42.7 Å². The minimum Gasteiger partial charge on any atom is -0.338 e. The monoisotopic (exact) mass is 433 g/mol. The summed E-state index contributed by atoms with van der Waals surface area (Å²) in [6.07, 6.45) is 6.62. The summed E-state index contributed by atoms with van der Waals surface area (Å²) in [4.78, 5) is 19.8. The largest absolute Gasteiger partial charge is 0.338 e. The number of piperidine rings is 2. The van der Waals surface area contributed by atoms with Gasteiger partial charge in [-0.3, -0.25) is 4.79 Å². The molecule has 1 aromatic heterocycles. The fourth-order valence-electron chi connectivity index (χ4n) is 4.22. The van der Waals surface area contributed by atoms with Crippen LogP contribution in [-0.4, -0.2) is 54.7 Å². The Labute approximate surface area is 176 Å². The number of likely N-dealkylation sites (tertiary alicyclic amines) is 1. The molecule has 2 aliphatic rings. The molecule has 1 aromatic carbocycles. The van der Waals surface area contributed by atoms with Crippen LogP contribution in [0.15, 0.2) is 34.7 Å². The van der Waals surface area contributed by atoms with Gasteiger partial charge in [-0.1, -0.05) is 12.5 Å². The minimum absolute atomic E-state index is 0.0838. The van der Waals surface area contributed by atoms with Gasteiger partial charge < -0.3 is 4.90 Å². The van der Waals surface area contributed by atoms with Crippen molar-refractivity contribution in [2.24, 2.45) is 0 Å². The van der Waals surface area contributed by atoms with E-state index in [4.69, 9.17) is 0 Å². The first-order chi connectivity index (χ1) is 14.0. The second kappa shape index (κ2) is 8.53. The third-order valence-electron chi connectivity index (χ3n) is 5.90. The third-order valence-corrected chi connectivity index (χ3v) is 8.73. The highest BCUT2D eigenvalue weighted by Gasteiger charge is 2.30. The van der Waals surface area contributed by atoms with Crippen LogP contribution >= 0.6 is 11.3 Å². The number of hydrogen-bond acceptors (Lipinski definition) is 5. The van der Waals surface area contributed by atoms with Crippen molar-refractivity contribution in [2.45, 2.75) is 49.8 Å². The number of amides is 1. The summed E-state index contributed by atoms with van der Waals surface area (Å²) in [7, 11) is -3.56. The van der Waals surface area contributed by atoms with Crippen molar-refractivity contribution >= 4 is 27.3 Å². The first kappa shape index (κ1) is 20.5. The molecular formula is C21H27N3O3S2. The Morgan fingerprint density at radius 2 is 1.93 bits per heavy atom. The van der Waals surface area contributed by atoms with Crippen molar-refractivity contribution in [2.75, 3.05) is 26.2 Å². The fourth-order valence-corrected chi connectivity index (χ4v) is 6.53. The first-order valence-electron chi connectivity index (χ1n) is 10.3. The van der Waals surface area contributed by atoms with E-state index < -0.39 is 10.0 Å². The van der Waals surface area contributed by atoms with E-state index in [-0.39, 0.29) is 16.7 Å². The number of sulfonamides is 1. The Bertz CT molecular complexity index is 967. The van der Waals surface area contributed by atoms with Crippen LogP contribution in [0, 0.1) is 6.92 Å². The number of nitrogens with zero attached hydrogens (tertiary/aromatic N) is 3. The molecular weight excluding hydrogens is 406 g/mol. The lowest BCUT2D eigenvalue weighted by Crippen LogP contribution is -2.39. The molecule has 2 fully saturated rings. The van der Waals surface area contributed by atoms with Gasteiger partial charge in [0.2, 0.25) is 10.0 Å². The normalized spacial score (nSPS) is 21.3. The smallest absolute Gasteiger partial charge is 0.254 e. The predicted molar refractivity (Wildman–Crippen MR) is 114 cm³/mol. The molecule has 2 aromatic rings. The minimum atomic E-state index is -3.56. The van der Waals surface area contributed by atoms with Gasteiger partial charge in [-0.15, -0.1) is 11.3 Å². The summed E-state index contributed by atoms with van der Waals surface area (Å²) in [5.41, 5.74) is 1.30. The van der Waals surface area contributed by atoms with Crippen LogP contribution in [-0.2, 0) is 10.0 Å². The van der Waals surface area contributed by atoms with Crippen molar-refractivity contribution in [3.63, 3.8) is 0 Å². The molecule has 0 bridgehead atoms. The molecule has 1 unspecified atom stereocenters. The van der Waals surface area contributed by atoms with E-state index in [2.05, 4.69) is 4.98 Å². The molecule has 0 spiro atoms. The standard InChI is InChI=1S/C21H27N3O3S2/c1-16-7-8-18(29(26,27)24-11-3-2-4-12-24)14-19(16)21(25)23-10-5-6-17(15-23)20-22-9-13-28-20/h7-9,13-14,17H,2-6,10-12,15H2,1H3. The van der Waals surface area contributed by atoms with Gasteiger partial charge in [-0.25, -0.2) is 13.4 Å². The second-order valence-electron chi connectivity index (χ2n) is 7.90. The lowest BCUT2D eigenvalue weighted by molar-refractivity contribution is 0.0706. The number of rotatable bonds is 4. The Balaban J connectivity index is 1.58. The Kier molecular flexibility index (Phi) is 6.03. The molecule has 2 aliphatic heterocycles. The fraction of sp³-hybridized carbons (Fsp3) is 0.524. The van der Waals surface area contributed by atoms with Gasteiger partial charge in [0.15, 0.2) is 0 Å². The Hall–Kier alpha value is -1.77. The molecule has 2 saturated heterocycles. The Morgan fingerprint density at radius 1 is 1.14 bits per heavy atom. The first-order valence-corrected chi connectivity index (χ1v) is 12.6. The summed E-state index contributed by atoms with van der Waals surface area (Å²) >= 11 is 1.63. The van der Waals surface area contributed by atoms with Crippen LogP contribution in [0.3, 0.4) is 0 Å². The molecule has 29 heavy (non-hydrogen) atoms. The predicted octanol–water partition coefficient (Wildman–Crippen LogP) is 3.65. The number of aryl methyl sites for hydroxylation is 1. The summed E-state index contributed by atoms with van der Waals surface area (Å²) in [5, 5.41) is 3.04. The molecule has 1 atom stereocenters. The number of hydrogen-bond donors (Lipinski definition) is 0. The molecule has 0 N–H and O–H groups in total. The summed E-state index contributed by atoms with van der Waals surface area (Å²) in [6, 6.07) is 4.96. The number of thiazole rings is 1. The maximum Gasteiger partial charge on any atom is 0.254 e. The van der Waals surface area contributed by atoms with Crippen LogP contribution in [0.2, 0.25) is 0 Å². The summed E-state index contributed by atoms with van der Waals surface area (Å²) in [5.74, 6) is 0.174. The molecule has 0 radical (unpaired) electrons. The van der Waals surface area contributed by atoms with Gasteiger partial charge in [0.25, 0.3) is 5.91 Å². The van der Waals surface area contributed by atoms with Crippen LogP contribution in [0.25, 0.3) is 0 Å². The van der Waals surface area contributed by atoms with Gasteiger partial charge in [0.1, 0.15) is 0 Å². The van der Waals surface area contributed by atoms with Gasteiger partial charge in [0.05, 0.1) is 9.90 Å². The van der Waals surface area contributed by atoms with Gasteiger partial charge in [-0.2, -0.15) is 4.31 Å². The highest BCUT2D eigenvalue weighted by molar-refractivity contribution is 7.89. The number of benzene rings is 1. The van der Waals surface area contributed by atoms with Crippen molar-refractivity contribution in [1.82, 2.24) is 14.2 Å². The van der Waals surface area contributed by atoms with Crippen molar-refractivity contribution in [3.8, 4) is 0 Å². The number of aromatic nitrogens is 1. The molecule has 8 heteroatoms. The van der Waals surface area contributed by atoms with E-state index in [0.29, 0.717) is 31.7 Å². The van der Waals surface area contributed by atoms with E-state index >= 15 is 0 Å². The van der Waals surface area contributed by atoms with Crippen molar-refractivity contribution in [3.05, 3.63) is 45.9 Å². The zero-order valence-electron chi connectivity index (χ0n) is 16.7. The molecule has 6 nitrogen and oxygen atoms in total. The SMILES string of the molecule is Cc1ccc(S(=O)(=O)N2CCCCC2)cc1C(=O)N1CCCC(c2nccs2)C1. The van der Waals surface area contributed by atoms with Gasteiger partial charge in [-0.05, 0) is 50.3 Å². The molecule has 156 valence electrons. The summed E-state index contributed by atoms with van der Waals surface area (Å²) < 4.78 is 27.7. The maximum atomic E-state index is 13.3. The number of carbonyl (C=O) groups is 1. The van der Waals surface area contributed by atoms with E-state index in [1.807, 2.05) is 17.2 Å². The summed E-state index contributed by atoms with van der Waals surface area (Å²) in [6.45, 7) is 4.31. The van der Waals surface area contributed by atoms with Crippen molar-refractivity contribution < 1.29 is 13.2 Å². The van der Waals surface area contributed by atoms with Crippen LogP contribution in [0.1, 0.15) is 59.0 Å². The molecule has 4 rings (SSSR count). The highest BCUT2D eigenvalue weighted by atomic mass is 32.2. The van der Waals surface area contributed by atoms with Gasteiger partial charge >= 0.3 is 0 Å². The van der Waals surface area contributed by atoms with Crippen LogP contribution in [0.5, 0.6) is 0 Å². The topological polar surface area (TPSA) is 70.6 Å². The van der Waals surface area contributed by atoms with E-state index in [1.54, 1.807) is 40.0 Å². The van der Waals surface area contributed by atoms with Gasteiger partial charge in [0, 0.05) is 49.2 Å². The Morgan fingerprint density at radius 3 is 2.66 bits per heavy atom. The molecule has 0 aliphatic carbocycles. The lowest BCUT2D eigenvalue weighted by Gasteiger charge is -2.32. The van der Waals surface area contributed by atoms with E-state index in [9.17, 15) is 13.2 Å². The molecule has 0 saturated carbocycles. The highest BCUT2D eigenvalue weighted by Crippen LogP contribution is 2.30. The average molecular weight is 434 g/mol. The zero-order chi connectivity index (χ0) is 20.4. The van der Waals surface area contributed by atoms with Crippen LogP contribution < -0.4 is 0 Å². The zero-order valence-corrected chi connectivity index (χ0v) is 18.3. The van der Waals surface area contributed by atoms with E-state index in [1.165, 1.54) is 0 Å². The third kappa shape index (κ3) is 4.25. The second-order valence-corrected chi connectivity index (χ2v) is 10.8. The number of carbonyl (C=O) groups excluding carboxylic acids is 1. The quantitative estimate of drug-likeness (QED) is 0.738. The lowest BCUT2D eigenvalue weighted by atomic mass is 9.97. The molecule has 3 heterocycles. The maximum absolute atomic E-state index is 13.3. The van der Waals surface area contributed by atoms with Crippen molar-refractivity contribution in [1.29, 1.82) is 0 Å². The average Bonchev–Trinajstić information content (AvgIpc) is 3.29.